The van der Waals surface area contributed by atoms with Gasteiger partial charge in [-0.15, -0.1) is 0 Å². The van der Waals surface area contributed by atoms with Gasteiger partial charge in [-0.05, 0) is 35.8 Å². The summed E-state index contributed by atoms with van der Waals surface area (Å²) in [5, 5.41) is 8.01. The normalized spacial score (nSPS) is 10.7. The van der Waals surface area contributed by atoms with E-state index in [1.54, 1.807) is 0 Å². The Hall–Kier alpha value is -3.08. The number of hydrogen-bond acceptors (Lipinski definition) is 4. The molecule has 2 rings (SSSR count). The molecular formula is C30H42O5. The van der Waals surface area contributed by atoms with Crippen molar-refractivity contribution in [3.05, 3.63) is 71.3 Å². The number of Topliss-reactive ketones (excluding diaryl/α,β-unsaturated/α-hetero) is 3. The van der Waals surface area contributed by atoms with Crippen LogP contribution in [0.1, 0.15) is 103 Å². The van der Waals surface area contributed by atoms with Crippen LogP contribution in [0, 0.1) is 0 Å². The van der Waals surface area contributed by atoms with E-state index in [9.17, 15) is 19.2 Å². The van der Waals surface area contributed by atoms with Crippen molar-refractivity contribution in [1.82, 2.24) is 0 Å². The summed E-state index contributed by atoms with van der Waals surface area (Å²) in [6, 6.07) is 18.2. The smallest absolute Gasteiger partial charge is 0.303 e. The van der Waals surface area contributed by atoms with Crippen LogP contribution < -0.4 is 0 Å². The average molecular weight is 483 g/mol. The lowest BCUT2D eigenvalue weighted by molar-refractivity contribution is -0.138. The maximum absolute atomic E-state index is 11.8. The zero-order valence-corrected chi connectivity index (χ0v) is 22.6. The highest BCUT2D eigenvalue weighted by atomic mass is 16.4. The first-order valence-electron chi connectivity index (χ1n) is 11.9. The summed E-state index contributed by atoms with van der Waals surface area (Å²) in [7, 11) is 0. The van der Waals surface area contributed by atoms with Gasteiger partial charge in [-0.2, -0.15) is 0 Å². The number of carbonyl (C=O) groups is 4. The van der Waals surface area contributed by atoms with Gasteiger partial charge in [0.2, 0.25) is 0 Å². The largest absolute Gasteiger partial charge is 0.481 e. The van der Waals surface area contributed by atoms with Gasteiger partial charge in [0.25, 0.3) is 0 Å². The van der Waals surface area contributed by atoms with E-state index in [4.69, 9.17) is 5.11 Å². The average Bonchev–Trinajstić information content (AvgIpc) is 2.76. The number of aliphatic carboxylic acids is 1. The molecule has 0 heterocycles. The predicted molar refractivity (Wildman–Crippen MR) is 142 cm³/mol. The molecule has 0 unspecified atom stereocenters. The third kappa shape index (κ3) is 15.4. The Labute approximate surface area is 211 Å². The number of carbonyl (C=O) groups excluding carboxylic acids is 3. The minimum atomic E-state index is -0.916. The Morgan fingerprint density at radius 2 is 1.00 bits per heavy atom. The fraction of sp³-hybridized carbons (Fsp3) is 0.467. The van der Waals surface area contributed by atoms with Crippen LogP contribution in [0.2, 0.25) is 0 Å². The third-order valence-corrected chi connectivity index (χ3v) is 5.11. The molecule has 2 aromatic carbocycles. The van der Waals surface area contributed by atoms with E-state index >= 15 is 0 Å². The summed E-state index contributed by atoms with van der Waals surface area (Å²) in [4.78, 5) is 42.4. The van der Waals surface area contributed by atoms with E-state index in [0.717, 1.165) is 0 Å². The summed E-state index contributed by atoms with van der Waals surface area (Å²) in [6.45, 7) is 16.0. The van der Waals surface area contributed by atoms with Gasteiger partial charge in [0, 0.05) is 24.8 Å². The van der Waals surface area contributed by atoms with E-state index in [2.05, 4.69) is 71.9 Å². The molecule has 0 aromatic heterocycles. The quantitative estimate of drug-likeness (QED) is 0.431. The van der Waals surface area contributed by atoms with Gasteiger partial charge in [-0.3, -0.25) is 9.59 Å². The van der Waals surface area contributed by atoms with E-state index in [0.29, 0.717) is 23.8 Å². The molecule has 0 bridgehead atoms. The fourth-order valence-corrected chi connectivity index (χ4v) is 2.81. The lowest BCUT2D eigenvalue weighted by atomic mass is 9.86. The van der Waals surface area contributed by atoms with Gasteiger partial charge in [0.05, 0.1) is 6.42 Å². The maximum atomic E-state index is 11.8. The molecule has 35 heavy (non-hydrogen) atoms. The minimum absolute atomic E-state index is 0.0423. The van der Waals surface area contributed by atoms with Crippen molar-refractivity contribution in [2.75, 3.05) is 0 Å². The van der Waals surface area contributed by atoms with Crippen LogP contribution in [0.5, 0.6) is 0 Å². The molecule has 0 radical (unpaired) electrons. The van der Waals surface area contributed by atoms with E-state index in [1.165, 1.54) is 25.0 Å². The predicted octanol–water partition coefficient (Wildman–Crippen LogP) is 6.96. The third-order valence-electron chi connectivity index (χ3n) is 5.11. The molecule has 0 amide bonds. The first-order chi connectivity index (χ1) is 16.0. The lowest BCUT2D eigenvalue weighted by Crippen LogP contribution is -2.11. The summed E-state index contributed by atoms with van der Waals surface area (Å²) >= 11 is 0. The number of carboxylic acids is 1. The van der Waals surface area contributed by atoms with Crippen molar-refractivity contribution < 1.29 is 24.3 Å². The molecule has 0 spiro atoms. The number of rotatable bonds is 7. The lowest BCUT2D eigenvalue weighted by Gasteiger charge is -2.18. The molecule has 0 saturated carbocycles. The zero-order chi connectivity index (χ0) is 27.2. The van der Waals surface area contributed by atoms with Crippen LogP contribution >= 0.6 is 0 Å². The molecule has 5 nitrogen and oxygen atoms in total. The van der Waals surface area contributed by atoms with Crippen LogP contribution in [-0.2, 0) is 25.2 Å². The molecule has 0 aliphatic carbocycles. The van der Waals surface area contributed by atoms with E-state index < -0.39 is 5.97 Å². The molecule has 0 atom stereocenters. The van der Waals surface area contributed by atoms with Crippen molar-refractivity contribution in [1.29, 1.82) is 0 Å². The monoisotopic (exact) mass is 482 g/mol. The Balaban J connectivity index is 0.000000545. The summed E-state index contributed by atoms with van der Waals surface area (Å²) < 4.78 is 0. The molecule has 0 saturated heterocycles. The van der Waals surface area contributed by atoms with E-state index in [-0.39, 0.29) is 35.6 Å². The fourth-order valence-electron chi connectivity index (χ4n) is 2.81. The van der Waals surface area contributed by atoms with Crippen molar-refractivity contribution in [2.24, 2.45) is 0 Å². The molecule has 2 aromatic rings. The summed E-state index contributed by atoms with van der Waals surface area (Å²) in [5.41, 5.74) is 3.69. The Morgan fingerprint density at radius 1 is 0.600 bits per heavy atom. The highest BCUT2D eigenvalue weighted by molar-refractivity contribution is 5.97. The van der Waals surface area contributed by atoms with Crippen molar-refractivity contribution in [2.45, 2.75) is 91.9 Å². The molecule has 0 aliphatic heterocycles. The SMILES string of the molecule is CC(=O)CCC(=O)O.CC(=O)CCC(=O)c1ccc(C(C)(C)C)cc1.CC(C)(C)c1ccccc1. The second kappa shape index (κ2) is 15.0. The summed E-state index contributed by atoms with van der Waals surface area (Å²) in [5.74, 6) is -0.891. The molecular weight excluding hydrogens is 440 g/mol. The highest BCUT2D eigenvalue weighted by Gasteiger charge is 2.14. The van der Waals surface area contributed by atoms with Crippen LogP contribution in [-0.4, -0.2) is 28.4 Å². The highest BCUT2D eigenvalue weighted by Crippen LogP contribution is 2.22. The Bertz CT molecular complexity index is 929. The standard InChI is InChI=1S/C15H20O2.C10H14.C5H8O3/c1-11(16)5-10-14(17)12-6-8-13(9-7-12)15(2,3)4;1-10(2,3)9-7-5-4-6-8-9;1-4(6)2-3-5(7)8/h6-9H,5,10H2,1-4H3;4-8H,1-3H3;2-3H2,1H3,(H,7,8). The molecule has 1 N–H and O–H groups in total. The van der Waals surface area contributed by atoms with Crippen molar-refractivity contribution >= 4 is 23.3 Å². The number of hydrogen-bond donors (Lipinski definition) is 1. The van der Waals surface area contributed by atoms with Gasteiger partial charge >= 0.3 is 5.97 Å². The first-order valence-corrected chi connectivity index (χ1v) is 11.9. The van der Waals surface area contributed by atoms with Gasteiger partial charge in [-0.25, -0.2) is 0 Å². The molecule has 5 heteroatoms. The van der Waals surface area contributed by atoms with Crippen LogP contribution in [0.3, 0.4) is 0 Å². The van der Waals surface area contributed by atoms with Gasteiger partial charge in [0.1, 0.15) is 11.6 Å². The number of carboxylic acid groups (broad SMARTS) is 1. The van der Waals surface area contributed by atoms with Crippen LogP contribution in [0.4, 0.5) is 0 Å². The maximum Gasteiger partial charge on any atom is 0.303 e. The molecule has 0 aliphatic rings. The Morgan fingerprint density at radius 3 is 1.31 bits per heavy atom. The number of benzene rings is 2. The molecule has 0 fully saturated rings. The minimum Gasteiger partial charge on any atom is -0.481 e. The Kier molecular flexibility index (Phi) is 13.7. The van der Waals surface area contributed by atoms with Gasteiger partial charge in [-0.1, -0.05) is 96.1 Å². The van der Waals surface area contributed by atoms with Gasteiger partial charge < -0.3 is 14.7 Å². The second-order valence-electron chi connectivity index (χ2n) is 10.7. The first kappa shape index (κ1) is 31.9. The van der Waals surface area contributed by atoms with Crippen LogP contribution in [0.15, 0.2) is 54.6 Å². The topological polar surface area (TPSA) is 88.5 Å². The summed E-state index contributed by atoms with van der Waals surface area (Å²) in [6.07, 6.45) is 0.745. The zero-order valence-electron chi connectivity index (χ0n) is 22.6. The van der Waals surface area contributed by atoms with Gasteiger partial charge in [0.15, 0.2) is 5.78 Å². The van der Waals surface area contributed by atoms with Crippen molar-refractivity contribution in [3.63, 3.8) is 0 Å². The van der Waals surface area contributed by atoms with Crippen molar-refractivity contribution in [3.8, 4) is 0 Å². The number of ketones is 3. The molecule has 192 valence electrons. The van der Waals surface area contributed by atoms with E-state index in [1.807, 2.05) is 24.3 Å². The van der Waals surface area contributed by atoms with Crippen LogP contribution in [0.25, 0.3) is 0 Å². The second-order valence-corrected chi connectivity index (χ2v) is 10.7.